The standard InChI is InChI=1S/C18H22N4O5/c1-11-8-12(15(19)20)2-3-13(11)16(25)21-6-4-18(5-7-21)10-22(9-14(23)24)17(26)27-18/h2-3,8H,4-7,9-10H2,1H3,(H3,19,20)(H,23,24). The normalized spacial score (nSPS) is 18.5. The van der Waals surface area contributed by atoms with Gasteiger partial charge in [-0.25, -0.2) is 4.79 Å². The topological polar surface area (TPSA) is 137 Å². The van der Waals surface area contributed by atoms with Crippen molar-refractivity contribution in [1.29, 1.82) is 5.41 Å². The minimum atomic E-state index is -1.08. The van der Waals surface area contributed by atoms with Gasteiger partial charge in [0.1, 0.15) is 18.0 Å². The van der Waals surface area contributed by atoms with Gasteiger partial charge in [-0.2, -0.15) is 0 Å². The molecule has 0 atom stereocenters. The molecule has 2 saturated heterocycles. The highest BCUT2D eigenvalue weighted by molar-refractivity contribution is 5.99. The smallest absolute Gasteiger partial charge is 0.411 e. The van der Waals surface area contributed by atoms with Gasteiger partial charge in [0.15, 0.2) is 0 Å². The molecule has 2 amide bonds. The Hall–Kier alpha value is -3.10. The molecule has 9 nitrogen and oxygen atoms in total. The number of nitrogens with one attached hydrogen (secondary N) is 1. The lowest BCUT2D eigenvalue weighted by atomic mass is 9.90. The zero-order chi connectivity index (χ0) is 19.8. The number of carbonyl (C=O) groups is 3. The molecule has 27 heavy (non-hydrogen) atoms. The molecule has 3 rings (SSSR count). The molecule has 0 saturated carbocycles. The third-order valence-electron chi connectivity index (χ3n) is 5.10. The molecule has 0 aromatic heterocycles. The van der Waals surface area contributed by atoms with Crippen LogP contribution in [0.15, 0.2) is 18.2 Å². The summed E-state index contributed by atoms with van der Waals surface area (Å²) in [4.78, 5) is 38.4. The van der Waals surface area contributed by atoms with Crippen LogP contribution in [-0.2, 0) is 9.53 Å². The lowest BCUT2D eigenvalue weighted by molar-refractivity contribution is -0.137. The van der Waals surface area contributed by atoms with Gasteiger partial charge in [0, 0.05) is 37.1 Å². The molecular formula is C18H22N4O5. The van der Waals surface area contributed by atoms with Crippen molar-refractivity contribution in [3.05, 3.63) is 34.9 Å². The summed E-state index contributed by atoms with van der Waals surface area (Å²) in [5.41, 5.74) is 6.61. The lowest BCUT2D eigenvalue weighted by Crippen LogP contribution is -2.49. The van der Waals surface area contributed by atoms with Crippen LogP contribution in [0.4, 0.5) is 4.79 Å². The number of amidine groups is 1. The molecule has 2 fully saturated rings. The molecule has 2 aliphatic rings. The summed E-state index contributed by atoms with van der Waals surface area (Å²) in [5, 5.41) is 16.3. The first-order valence-corrected chi connectivity index (χ1v) is 8.65. The van der Waals surface area contributed by atoms with Crippen molar-refractivity contribution in [2.24, 2.45) is 5.73 Å². The zero-order valence-corrected chi connectivity index (χ0v) is 15.0. The van der Waals surface area contributed by atoms with Crippen molar-refractivity contribution in [2.75, 3.05) is 26.2 Å². The summed E-state index contributed by atoms with van der Waals surface area (Å²) in [6, 6.07) is 5.03. The Morgan fingerprint density at radius 1 is 1.33 bits per heavy atom. The molecule has 9 heteroatoms. The van der Waals surface area contributed by atoms with Gasteiger partial charge in [0.25, 0.3) is 5.91 Å². The number of hydrogen-bond acceptors (Lipinski definition) is 5. The van der Waals surface area contributed by atoms with Crippen LogP contribution in [0.1, 0.15) is 34.3 Å². The number of rotatable bonds is 4. The van der Waals surface area contributed by atoms with Crippen LogP contribution in [0.25, 0.3) is 0 Å². The van der Waals surface area contributed by atoms with Gasteiger partial charge in [0.2, 0.25) is 0 Å². The third-order valence-corrected chi connectivity index (χ3v) is 5.10. The first-order valence-electron chi connectivity index (χ1n) is 8.65. The lowest BCUT2D eigenvalue weighted by Gasteiger charge is -2.37. The van der Waals surface area contributed by atoms with E-state index < -0.39 is 17.7 Å². The van der Waals surface area contributed by atoms with Gasteiger partial charge in [-0.3, -0.25) is 19.9 Å². The van der Waals surface area contributed by atoms with Gasteiger partial charge < -0.3 is 20.5 Å². The second kappa shape index (κ2) is 6.90. The molecule has 1 aromatic carbocycles. The minimum Gasteiger partial charge on any atom is -0.480 e. The number of nitrogen functional groups attached to an aromatic ring is 1. The molecule has 0 unspecified atom stereocenters. The largest absolute Gasteiger partial charge is 0.480 e. The van der Waals surface area contributed by atoms with Crippen LogP contribution >= 0.6 is 0 Å². The minimum absolute atomic E-state index is 0.0500. The number of piperidine rings is 1. The number of amides is 2. The highest BCUT2D eigenvalue weighted by Gasteiger charge is 2.48. The van der Waals surface area contributed by atoms with Crippen molar-refractivity contribution >= 4 is 23.8 Å². The molecule has 2 heterocycles. The van der Waals surface area contributed by atoms with E-state index in [1.807, 2.05) is 0 Å². The van der Waals surface area contributed by atoms with Gasteiger partial charge in [-0.15, -0.1) is 0 Å². The summed E-state index contributed by atoms with van der Waals surface area (Å²) in [7, 11) is 0. The number of nitrogens with zero attached hydrogens (tertiary/aromatic N) is 2. The summed E-state index contributed by atoms with van der Waals surface area (Å²) >= 11 is 0. The van der Waals surface area contributed by atoms with Crippen LogP contribution in [0, 0.1) is 12.3 Å². The Labute approximate surface area is 156 Å². The maximum absolute atomic E-state index is 12.8. The van der Waals surface area contributed by atoms with Crippen LogP contribution in [0.5, 0.6) is 0 Å². The van der Waals surface area contributed by atoms with Gasteiger partial charge >= 0.3 is 12.1 Å². The van der Waals surface area contributed by atoms with E-state index in [-0.39, 0.29) is 24.8 Å². The van der Waals surface area contributed by atoms with E-state index in [1.54, 1.807) is 30.0 Å². The van der Waals surface area contributed by atoms with Crippen molar-refractivity contribution in [1.82, 2.24) is 9.80 Å². The van der Waals surface area contributed by atoms with E-state index in [2.05, 4.69) is 0 Å². The fraction of sp³-hybridized carbons (Fsp3) is 0.444. The summed E-state index contributed by atoms with van der Waals surface area (Å²) in [6.07, 6.45) is 0.309. The Balaban J connectivity index is 1.66. The Bertz CT molecular complexity index is 814. The molecule has 4 N–H and O–H groups in total. The molecule has 1 spiro atoms. The Morgan fingerprint density at radius 2 is 2.00 bits per heavy atom. The van der Waals surface area contributed by atoms with E-state index >= 15 is 0 Å². The second-order valence-corrected chi connectivity index (χ2v) is 7.04. The number of nitrogens with two attached hydrogens (primary N) is 1. The number of likely N-dealkylation sites (tertiary alicyclic amines) is 1. The predicted octanol–water partition coefficient (Wildman–Crippen LogP) is 0.791. The van der Waals surface area contributed by atoms with Crippen molar-refractivity contribution < 1.29 is 24.2 Å². The number of hydrogen-bond donors (Lipinski definition) is 3. The van der Waals surface area contributed by atoms with Gasteiger partial charge in [0.05, 0.1) is 6.54 Å². The zero-order valence-electron chi connectivity index (χ0n) is 15.0. The van der Waals surface area contributed by atoms with Crippen LogP contribution in [-0.4, -0.2) is 70.5 Å². The summed E-state index contributed by atoms with van der Waals surface area (Å²) in [6.45, 7) is 2.48. The predicted molar refractivity (Wildman–Crippen MR) is 95.8 cm³/mol. The number of benzene rings is 1. The average Bonchev–Trinajstić information content (AvgIpc) is 2.89. The van der Waals surface area contributed by atoms with E-state index in [4.69, 9.17) is 21.0 Å². The van der Waals surface area contributed by atoms with Crippen molar-refractivity contribution in [3.63, 3.8) is 0 Å². The van der Waals surface area contributed by atoms with Crippen LogP contribution in [0.2, 0.25) is 0 Å². The first-order chi connectivity index (χ1) is 12.7. The Kier molecular flexibility index (Phi) is 4.77. The van der Waals surface area contributed by atoms with E-state index in [9.17, 15) is 14.4 Å². The Morgan fingerprint density at radius 3 is 2.56 bits per heavy atom. The van der Waals surface area contributed by atoms with E-state index in [0.717, 1.165) is 5.56 Å². The van der Waals surface area contributed by atoms with E-state index in [0.29, 0.717) is 37.1 Å². The molecule has 2 aliphatic heterocycles. The average molecular weight is 374 g/mol. The monoisotopic (exact) mass is 374 g/mol. The molecule has 0 aliphatic carbocycles. The quantitative estimate of drug-likeness (QED) is 0.526. The highest BCUT2D eigenvalue weighted by atomic mass is 16.6. The number of aliphatic carboxylic acids is 1. The maximum atomic E-state index is 12.8. The van der Waals surface area contributed by atoms with Gasteiger partial charge in [-0.05, 0) is 24.6 Å². The van der Waals surface area contributed by atoms with E-state index in [1.165, 1.54) is 4.90 Å². The molecule has 0 radical (unpaired) electrons. The van der Waals surface area contributed by atoms with Crippen molar-refractivity contribution in [2.45, 2.75) is 25.4 Å². The summed E-state index contributed by atoms with van der Waals surface area (Å²) < 4.78 is 5.45. The fourth-order valence-electron chi connectivity index (χ4n) is 3.60. The number of carbonyl (C=O) groups excluding carboxylic acids is 2. The van der Waals surface area contributed by atoms with Crippen molar-refractivity contribution in [3.8, 4) is 0 Å². The SMILES string of the molecule is Cc1cc(C(=N)N)ccc1C(=O)N1CCC2(CC1)CN(CC(=O)O)C(=O)O2. The molecular weight excluding hydrogens is 352 g/mol. The first kappa shape index (κ1) is 18.7. The second-order valence-electron chi connectivity index (χ2n) is 7.04. The highest BCUT2D eigenvalue weighted by Crippen LogP contribution is 2.33. The van der Waals surface area contributed by atoms with Crippen LogP contribution in [0.3, 0.4) is 0 Å². The third kappa shape index (κ3) is 3.71. The number of carboxylic acid groups (broad SMARTS) is 1. The number of aryl methyl sites for hydroxylation is 1. The summed E-state index contributed by atoms with van der Waals surface area (Å²) in [5.74, 6) is -1.25. The number of ether oxygens (including phenoxy) is 1. The molecule has 0 bridgehead atoms. The fourth-order valence-corrected chi connectivity index (χ4v) is 3.60. The molecule has 144 valence electrons. The number of carboxylic acids is 1. The maximum Gasteiger partial charge on any atom is 0.411 e. The van der Waals surface area contributed by atoms with Crippen LogP contribution < -0.4 is 5.73 Å². The van der Waals surface area contributed by atoms with Gasteiger partial charge in [-0.1, -0.05) is 6.07 Å². The molecule has 1 aromatic rings.